The summed E-state index contributed by atoms with van der Waals surface area (Å²) in [7, 11) is 1.67. The lowest BCUT2D eigenvalue weighted by atomic mass is 10.00. The first-order valence-electron chi connectivity index (χ1n) is 9.78. The zero-order valence-electron chi connectivity index (χ0n) is 16.2. The number of piperidine rings is 1. The van der Waals surface area contributed by atoms with Crippen molar-refractivity contribution in [3.63, 3.8) is 0 Å². The first-order valence-corrected chi connectivity index (χ1v) is 9.78. The van der Waals surface area contributed by atoms with Crippen molar-refractivity contribution in [2.45, 2.75) is 19.8 Å². The van der Waals surface area contributed by atoms with Crippen LogP contribution in [0.1, 0.15) is 19.8 Å². The molecule has 0 bridgehead atoms. The standard InChI is InChI=1S/C22H23N5O/c1-15-6-5-13-26(14-15)21-18-7-3-4-8-19(18)27-22(23-21)20(24-25-27)16-9-11-17(28-2)12-10-16/h3-4,7-12,15H,5-6,13-14H2,1-2H3. The van der Waals surface area contributed by atoms with E-state index >= 15 is 0 Å². The maximum Gasteiger partial charge on any atom is 0.186 e. The summed E-state index contributed by atoms with van der Waals surface area (Å²) in [5.74, 6) is 2.53. The molecule has 6 heteroatoms. The first kappa shape index (κ1) is 17.0. The number of aromatic nitrogens is 4. The van der Waals surface area contributed by atoms with Gasteiger partial charge in [0.15, 0.2) is 5.65 Å². The monoisotopic (exact) mass is 373 g/mol. The third-order valence-electron chi connectivity index (χ3n) is 5.55. The molecule has 28 heavy (non-hydrogen) atoms. The van der Waals surface area contributed by atoms with Crippen molar-refractivity contribution in [1.82, 2.24) is 19.8 Å². The summed E-state index contributed by atoms with van der Waals surface area (Å²) in [4.78, 5) is 7.49. The molecule has 1 saturated heterocycles. The third kappa shape index (κ3) is 2.76. The van der Waals surface area contributed by atoms with Gasteiger partial charge in [0.25, 0.3) is 0 Å². The Labute approximate surface area is 163 Å². The highest BCUT2D eigenvalue weighted by atomic mass is 16.5. The number of nitrogens with zero attached hydrogens (tertiary/aromatic N) is 5. The Bertz CT molecular complexity index is 1140. The minimum absolute atomic E-state index is 0.676. The normalized spacial score (nSPS) is 17.4. The molecule has 0 saturated carbocycles. The van der Waals surface area contributed by atoms with Gasteiger partial charge in [0.2, 0.25) is 0 Å². The highest BCUT2D eigenvalue weighted by molar-refractivity contribution is 5.93. The minimum Gasteiger partial charge on any atom is -0.497 e. The van der Waals surface area contributed by atoms with Crippen LogP contribution in [0.2, 0.25) is 0 Å². The lowest BCUT2D eigenvalue weighted by molar-refractivity contribution is 0.415. The molecule has 6 nitrogen and oxygen atoms in total. The van der Waals surface area contributed by atoms with Crippen molar-refractivity contribution in [2.75, 3.05) is 25.1 Å². The minimum atomic E-state index is 0.676. The van der Waals surface area contributed by atoms with Gasteiger partial charge in [-0.2, -0.15) is 4.52 Å². The summed E-state index contributed by atoms with van der Waals surface area (Å²) in [6.07, 6.45) is 2.48. The van der Waals surface area contributed by atoms with Gasteiger partial charge in [-0.15, -0.1) is 5.10 Å². The molecule has 0 amide bonds. The van der Waals surface area contributed by atoms with Crippen molar-refractivity contribution in [3.05, 3.63) is 48.5 Å². The second-order valence-electron chi connectivity index (χ2n) is 7.55. The van der Waals surface area contributed by atoms with Gasteiger partial charge in [0.05, 0.1) is 12.6 Å². The van der Waals surface area contributed by atoms with Gasteiger partial charge < -0.3 is 9.64 Å². The number of ether oxygens (including phenoxy) is 1. The molecule has 1 aliphatic rings. The molecule has 0 radical (unpaired) electrons. The van der Waals surface area contributed by atoms with Crippen LogP contribution in [0.5, 0.6) is 5.75 Å². The molecule has 0 N–H and O–H groups in total. The molecule has 1 fully saturated rings. The number of methoxy groups -OCH3 is 1. The van der Waals surface area contributed by atoms with E-state index in [0.29, 0.717) is 5.92 Å². The number of benzene rings is 2. The Balaban J connectivity index is 1.72. The van der Waals surface area contributed by atoms with Crippen molar-refractivity contribution in [3.8, 4) is 17.0 Å². The molecule has 2 aromatic carbocycles. The SMILES string of the molecule is COc1ccc(-c2nnn3c2nc(N2CCCC(C)C2)c2ccccc23)cc1. The van der Waals surface area contributed by atoms with E-state index in [4.69, 9.17) is 9.72 Å². The molecule has 2 aromatic heterocycles. The van der Waals surface area contributed by atoms with Crippen LogP contribution in [0, 0.1) is 5.92 Å². The van der Waals surface area contributed by atoms with Crippen LogP contribution in [-0.2, 0) is 0 Å². The molecule has 3 heterocycles. The fourth-order valence-corrected chi connectivity index (χ4v) is 4.11. The first-order chi connectivity index (χ1) is 13.7. The molecule has 1 atom stereocenters. The van der Waals surface area contributed by atoms with Crippen LogP contribution < -0.4 is 9.64 Å². The molecule has 5 rings (SSSR count). The van der Waals surface area contributed by atoms with Crippen molar-refractivity contribution in [1.29, 1.82) is 0 Å². The zero-order chi connectivity index (χ0) is 19.1. The van der Waals surface area contributed by atoms with E-state index in [-0.39, 0.29) is 0 Å². The maximum atomic E-state index is 5.28. The topological polar surface area (TPSA) is 55.6 Å². The Kier molecular flexibility index (Phi) is 4.11. The van der Waals surface area contributed by atoms with E-state index in [9.17, 15) is 0 Å². The second-order valence-corrected chi connectivity index (χ2v) is 7.55. The predicted molar refractivity (Wildman–Crippen MR) is 111 cm³/mol. The van der Waals surface area contributed by atoms with Gasteiger partial charge in [-0.25, -0.2) is 4.98 Å². The molecule has 4 aromatic rings. The quantitative estimate of drug-likeness (QED) is 0.539. The molecule has 142 valence electrons. The number of anilines is 1. The van der Waals surface area contributed by atoms with Gasteiger partial charge in [-0.05, 0) is 55.2 Å². The van der Waals surface area contributed by atoms with Gasteiger partial charge in [-0.3, -0.25) is 0 Å². The lowest BCUT2D eigenvalue weighted by Crippen LogP contribution is -2.35. The fraction of sp³-hybridized carbons (Fsp3) is 0.318. The predicted octanol–water partition coefficient (Wildman–Crippen LogP) is 4.19. The van der Waals surface area contributed by atoms with Crippen molar-refractivity contribution >= 4 is 22.4 Å². The molecular weight excluding hydrogens is 350 g/mol. The summed E-state index contributed by atoms with van der Waals surface area (Å²) in [6, 6.07) is 16.2. The molecule has 1 unspecified atom stereocenters. The Morgan fingerprint density at radius 2 is 1.89 bits per heavy atom. The molecule has 0 spiro atoms. The molecule has 1 aliphatic heterocycles. The van der Waals surface area contributed by atoms with E-state index in [2.05, 4.69) is 40.3 Å². The fourth-order valence-electron chi connectivity index (χ4n) is 4.11. The summed E-state index contributed by atoms with van der Waals surface area (Å²) < 4.78 is 7.13. The van der Waals surface area contributed by atoms with Crippen LogP contribution >= 0.6 is 0 Å². The second kappa shape index (κ2) is 6.78. The zero-order valence-corrected chi connectivity index (χ0v) is 16.2. The van der Waals surface area contributed by atoms with Gasteiger partial charge in [-0.1, -0.05) is 24.3 Å². The van der Waals surface area contributed by atoms with Gasteiger partial charge in [0.1, 0.15) is 17.3 Å². The number of rotatable bonds is 3. The maximum absolute atomic E-state index is 5.28. The number of fused-ring (bicyclic) bond motifs is 3. The Morgan fingerprint density at radius 3 is 2.68 bits per heavy atom. The average molecular weight is 373 g/mol. The van der Waals surface area contributed by atoms with E-state index in [0.717, 1.165) is 52.5 Å². The summed E-state index contributed by atoms with van der Waals surface area (Å²) in [6.45, 7) is 4.39. The highest BCUT2D eigenvalue weighted by Gasteiger charge is 2.22. The van der Waals surface area contributed by atoms with Crippen LogP contribution in [0.25, 0.3) is 27.8 Å². The number of hydrogen-bond donors (Lipinski definition) is 0. The Hall–Kier alpha value is -3.15. The van der Waals surface area contributed by atoms with Crippen LogP contribution in [-0.4, -0.2) is 40.0 Å². The highest BCUT2D eigenvalue weighted by Crippen LogP contribution is 2.32. The van der Waals surface area contributed by atoms with E-state index in [1.54, 1.807) is 7.11 Å². The van der Waals surface area contributed by atoms with Crippen molar-refractivity contribution < 1.29 is 4.74 Å². The smallest absolute Gasteiger partial charge is 0.186 e. The summed E-state index contributed by atoms with van der Waals surface area (Å²) in [5.41, 5.74) is 3.60. The lowest BCUT2D eigenvalue weighted by Gasteiger charge is -2.32. The molecule has 0 aliphatic carbocycles. The molecular formula is C22H23N5O. The number of para-hydroxylation sites is 1. The summed E-state index contributed by atoms with van der Waals surface area (Å²) >= 11 is 0. The largest absolute Gasteiger partial charge is 0.497 e. The average Bonchev–Trinajstić information content (AvgIpc) is 3.17. The number of hydrogen-bond acceptors (Lipinski definition) is 5. The summed E-state index contributed by atoms with van der Waals surface area (Å²) in [5, 5.41) is 10.0. The van der Waals surface area contributed by atoms with E-state index in [1.165, 1.54) is 12.8 Å². The van der Waals surface area contributed by atoms with Crippen LogP contribution in [0.3, 0.4) is 0 Å². The van der Waals surface area contributed by atoms with Crippen LogP contribution in [0.4, 0.5) is 5.82 Å². The Morgan fingerprint density at radius 1 is 1.07 bits per heavy atom. The van der Waals surface area contributed by atoms with E-state index < -0.39 is 0 Å². The van der Waals surface area contributed by atoms with Gasteiger partial charge >= 0.3 is 0 Å². The van der Waals surface area contributed by atoms with E-state index in [1.807, 2.05) is 34.8 Å². The third-order valence-corrected chi connectivity index (χ3v) is 5.55. The van der Waals surface area contributed by atoms with Crippen LogP contribution in [0.15, 0.2) is 48.5 Å². The van der Waals surface area contributed by atoms with Gasteiger partial charge in [0, 0.05) is 24.0 Å². The van der Waals surface area contributed by atoms with Crippen molar-refractivity contribution in [2.24, 2.45) is 5.92 Å².